The van der Waals surface area contributed by atoms with Gasteiger partial charge in [-0.3, -0.25) is 0 Å². The Hall–Kier alpha value is -1.91. The molecule has 1 aromatic heterocycles. The maximum Gasteiger partial charge on any atom is 0.149 e. The highest BCUT2D eigenvalue weighted by Crippen LogP contribution is 2.50. The van der Waals surface area contributed by atoms with Crippen LogP contribution in [0, 0.1) is 0 Å². The maximum absolute atomic E-state index is 12.3. The van der Waals surface area contributed by atoms with Crippen LogP contribution in [-0.2, 0) is 10.2 Å². The first-order chi connectivity index (χ1) is 12.8. The second-order valence-corrected chi connectivity index (χ2v) is 8.87. The van der Waals surface area contributed by atoms with Crippen molar-refractivity contribution < 1.29 is 4.79 Å². The average molecular weight is 380 g/mol. The summed E-state index contributed by atoms with van der Waals surface area (Å²) in [6.07, 6.45) is 7.27. The minimum atomic E-state index is -0.477. The van der Waals surface area contributed by atoms with Crippen LogP contribution in [0.5, 0.6) is 0 Å². The van der Waals surface area contributed by atoms with E-state index in [1.54, 1.807) is 11.3 Å². The van der Waals surface area contributed by atoms with Gasteiger partial charge in [0.2, 0.25) is 0 Å². The first-order valence-corrected chi connectivity index (χ1v) is 10.9. The van der Waals surface area contributed by atoms with Crippen LogP contribution in [0.3, 0.4) is 0 Å². The van der Waals surface area contributed by atoms with Crippen molar-refractivity contribution in [2.75, 3.05) is 5.75 Å². The number of nitrogens with zero attached hydrogens (tertiary/aromatic N) is 1. The van der Waals surface area contributed by atoms with E-state index in [-0.39, 0.29) is 0 Å². The number of aromatic nitrogens is 1. The van der Waals surface area contributed by atoms with Crippen LogP contribution in [0.1, 0.15) is 36.8 Å². The van der Waals surface area contributed by atoms with E-state index in [9.17, 15) is 4.79 Å². The third-order valence-corrected chi connectivity index (χ3v) is 7.21. The normalized spacial score (nSPS) is 14.0. The number of carbonyl (C=O) groups excluding carboxylic acids is 1. The number of carbonyl (C=O) groups is 1. The molecule has 0 spiro atoms. The van der Waals surface area contributed by atoms with Gasteiger partial charge in [-0.15, -0.1) is 11.3 Å². The predicted octanol–water partition coefficient (Wildman–Crippen LogP) is 5.96. The van der Waals surface area contributed by atoms with E-state index in [1.165, 1.54) is 28.5 Å². The number of hydrogen-bond donors (Lipinski definition) is 0. The number of fused-ring (bicyclic) bond motifs is 3. The van der Waals surface area contributed by atoms with Crippen molar-refractivity contribution in [3.63, 3.8) is 0 Å². The number of rotatable bonds is 8. The summed E-state index contributed by atoms with van der Waals surface area (Å²) in [5.41, 5.74) is 4.31. The molecule has 0 aliphatic heterocycles. The molecule has 2 nitrogen and oxygen atoms in total. The Kier molecular flexibility index (Phi) is 5.23. The van der Waals surface area contributed by atoms with E-state index in [4.69, 9.17) is 0 Å². The lowest BCUT2D eigenvalue weighted by Crippen LogP contribution is -2.27. The van der Waals surface area contributed by atoms with Gasteiger partial charge in [0.15, 0.2) is 0 Å². The van der Waals surface area contributed by atoms with Gasteiger partial charge in [-0.05, 0) is 35.1 Å². The van der Waals surface area contributed by atoms with E-state index in [0.717, 1.165) is 35.8 Å². The molecule has 2 aromatic carbocycles. The zero-order valence-electron chi connectivity index (χ0n) is 14.6. The van der Waals surface area contributed by atoms with Crippen LogP contribution >= 0.6 is 23.1 Å². The van der Waals surface area contributed by atoms with Crippen LogP contribution in [-0.4, -0.2) is 17.0 Å². The van der Waals surface area contributed by atoms with Crippen molar-refractivity contribution in [1.82, 2.24) is 4.98 Å². The number of thiazole rings is 1. The Labute approximate surface area is 162 Å². The van der Waals surface area contributed by atoms with Crippen molar-refractivity contribution >= 4 is 29.4 Å². The highest BCUT2D eigenvalue weighted by atomic mass is 32.2. The zero-order chi connectivity index (χ0) is 17.8. The Morgan fingerprint density at radius 3 is 2.27 bits per heavy atom. The molecule has 1 aliphatic carbocycles. The number of unbranched alkanes of at least 4 members (excludes halogenated alkanes) is 2. The Balaban J connectivity index is 1.45. The molecule has 0 unspecified atom stereocenters. The molecule has 0 fully saturated rings. The topological polar surface area (TPSA) is 30.0 Å². The molecule has 3 aromatic rings. The molecular weight excluding hydrogens is 358 g/mol. The molecule has 0 atom stereocenters. The number of aldehydes is 1. The SMILES string of the molecule is O=CC1(CCCCCSc2nccs2)c2ccccc2-c2ccccc21. The fourth-order valence-corrected chi connectivity index (χ4v) is 5.65. The minimum Gasteiger partial charge on any atom is -0.302 e. The summed E-state index contributed by atoms with van der Waals surface area (Å²) in [5.74, 6) is 1.09. The van der Waals surface area contributed by atoms with Gasteiger partial charge in [0, 0.05) is 17.3 Å². The number of benzene rings is 2. The van der Waals surface area contributed by atoms with Crippen LogP contribution in [0.4, 0.5) is 0 Å². The second-order valence-electron chi connectivity index (χ2n) is 6.64. The smallest absolute Gasteiger partial charge is 0.149 e. The lowest BCUT2D eigenvalue weighted by atomic mass is 9.75. The van der Waals surface area contributed by atoms with E-state index in [1.807, 2.05) is 35.5 Å². The zero-order valence-corrected chi connectivity index (χ0v) is 16.2. The van der Waals surface area contributed by atoms with E-state index < -0.39 is 5.41 Å². The summed E-state index contributed by atoms with van der Waals surface area (Å²) in [6, 6.07) is 16.8. The molecule has 132 valence electrons. The van der Waals surface area contributed by atoms with Gasteiger partial charge in [0.05, 0.1) is 5.41 Å². The third-order valence-electron chi connectivity index (χ3n) is 5.16. The van der Waals surface area contributed by atoms with Crippen LogP contribution in [0.2, 0.25) is 0 Å². The summed E-state index contributed by atoms with van der Waals surface area (Å²) < 4.78 is 1.15. The van der Waals surface area contributed by atoms with Crippen molar-refractivity contribution in [1.29, 1.82) is 0 Å². The van der Waals surface area contributed by atoms with Gasteiger partial charge in [-0.1, -0.05) is 73.1 Å². The van der Waals surface area contributed by atoms with Gasteiger partial charge in [-0.2, -0.15) is 0 Å². The van der Waals surface area contributed by atoms with Crippen molar-refractivity contribution in [3.05, 3.63) is 71.2 Å². The molecule has 26 heavy (non-hydrogen) atoms. The summed E-state index contributed by atoms with van der Waals surface area (Å²) in [7, 11) is 0. The molecule has 1 heterocycles. The van der Waals surface area contributed by atoms with Crippen molar-refractivity contribution in [2.24, 2.45) is 0 Å². The molecule has 4 heteroatoms. The molecule has 0 amide bonds. The lowest BCUT2D eigenvalue weighted by molar-refractivity contribution is -0.111. The molecule has 0 radical (unpaired) electrons. The van der Waals surface area contributed by atoms with Crippen LogP contribution < -0.4 is 0 Å². The van der Waals surface area contributed by atoms with Gasteiger partial charge in [0.1, 0.15) is 10.6 Å². The Morgan fingerprint density at radius 1 is 0.962 bits per heavy atom. The number of thioether (sulfide) groups is 1. The summed E-state index contributed by atoms with van der Waals surface area (Å²) in [5, 5.41) is 2.02. The van der Waals surface area contributed by atoms with E-state index in [2.05, 4.69) is 41.4 Å². The molecule has 0 saturated heterocycles. The third kappa shape index (κ3) is 3.12. The lowest BCUT2D eigenvalue weighted by Gasteiger charge is -2.25. The molecule has 0 bridgehead atoms. The molecule has 4 rings (SSSR count). The van der Waals surface area contributed by atoms with Gasteiger partial charge in [-0.25, -0.2) is 4.98 Å². The van der Waals surface area contributed by atoms with E-state index in [0.29, 0.717) is 0 Å². The summed E-state index contributed by atoms with van der Waals surface area (Å²) >= 11 is 3.53. The predicted molar refractivity (Wildman–Crippen MR) is 110 cm³/mol. The van der Waals surface area contributed by atoms with Gasteiger partial charge >= 0.3 is 0 Å². The standard InChI is InChI=1S/C22H21NOS2/c24-16-22(12-6-1-7-14-25-21-23-13-15-26-21)19-10-4-2-8-17(19)18-9-3-5-11-20(18)22/h2-5,8-11,13,15-16H,1,6-7,12,14H2. The number of hydrogen-bond acceptors (Lipinski definition) is 4. The Morgan fingerprint density at radius 2 is 1.65 bits per heavy atom. The largest absolute Gasteiger partial charge is 0.302 e. The van der Waals surface area contributed by atoms with Crippen LogP contribution in [0.25, 0.3) is 11.1 Å². The monoisotopic (exact) mass is 379 g/mol. The molecular formula is C22H21NOS2. The summed E-state index contributed by atoms with van der Waals surface area (Å²) in [4.78, 5) is 16.6. The van der Waals surface area contributed by atoms with Crippen LogP contribution in [0.15, 0.2) is 64.4 Å². The van der Waals surface area contributed by atoms with Crippen molar-refractivity contribution in [2.45, 2.75) is 35.4 Å². The second kappa shape index (κ2) is 7.77. The highest BCUT2D eigenvalue weighted by molar-refractivity contribution is 8.00. The van der Waals surface area contributed by atoms with E-state index >= 15 is 0 Å². The fourth-order valence-electron chi connectivity index (χ4n) is 3.94. The molecule has 0 N–H and O–H groups in total. The Bertz CT molecular complexity index is 843. The average Bonchev–Trinajstić information content (AvgIpc) is 3.30. The van der Waals surface area contributed by atoms with Crippen molar-refractivity contribution in [3.8, 4) is 11.1 Å². The van der Waals surface area contributed by atoms with Gasteiger partial charge < -0.3 is 4.79 Å². The maximum atomic E-state index is 12.3. The van der Waals surface area contributed by atoms with Gasteiger partial charge in [0.25, 0.3) is 0 Å². The first-order valence-electron chi connectivity index (χ1n) is 9.03. The first kappa shape index (κ1) is 17.5. The quantitative estimate of drug-likeness (QED) is 0.275. The fraction of sp³-hybridized carbons (Fsp3) is 0.273. The molecule has 0 saturated carbocycles. The minimum absolute atomic E-state index is 0.477. The summed E-state index contributed by atoms with van der Waals surface area (Å²) in [6.45, 7) is 0. The highest BCUT2D eigenvalue weighted by Gasteiger charge is 2.42. The molecule has 1 aliphatic rings.